The molecule has 0 aliphatic rings. The van der Waals surface area contributed by atoms with E-state index in [1.807, 2.05) is 0 Å². The third kappa shape index (κ3) is 2.78. The van der Waals surface area contributed by atoms with Crippen molar-refractivity contribution in [3.05, 3.63) is 50.1 Å². The maximum Gasteiger partial charge on any atom is 0.323 e. The molecule has 0 saturated carbocycles. The van der Waals surface area contributed by atoms with Crippen LogP contribution in [0.25, 0.3) is 0 Å². The second-order valence-corrected chi connectivity index (χ2v) is 4.56. The Balaban J connectivity index is 2.24. The van der Waals surface area contributed by atoms with Gasteiger partial charge in [-0.2, -0.15) is 0 Å². The molecule has 1 aromatic heterocycles. The van der Waals surface area contributed by atoms with Gasteiger partial charge in [-0.05, 0) is 18.2 Å². The molecule has 0 aliphatic carbocycles. The fourth-order valence-corrected chi connectivity index (χ4v) is 1.76. The van der Waals surface area contributed by atoms with Crippen LogP contribution in [0, 0.1) is 0 Å². The van der Waals surface area contributed by atoms with Crippen LogP contribution in [0.5, 0.6) is 0 Å². The molecule has 2 aromatic rings. The molecule has 0 radical (unpaired) electrons. The van der Waals surface area contributed by atoms with Crippen molar-refractivity contribution in [2.75, 3.05) is 5.32 Å². The van der Waals surface area contributed by atoms with Crippen LogP contribution in [0.1, 0.15) is 10.5 Å². The van der Waals surface area contributed by atoms with Gasteiger partial charge >= 0.3 is 5.69 Å². The molecule has 88 valence electrons. The van der Waals surface area contributed by atoms with Crippen molar-refractivity contribution in [2.45, 2.75) is 0 Å². The molecule has 1 amide bonds. The predicted octanol–water partition coefficient (Wildman–Crippen LogP) is 2.37. The Labute approximate surface area is 109 Å². The van der Waals surface area contributed by atoms with Gasteiger partial charge in [0, 0.05) is 10.7 Å². The minimum atomic E-state index is -0.441. The number of carbonyl (C=O) groups excluding carboxylic acids is 1. The minimum absolute atomic E-state index is 0.144. The summed E-state index contributed by atoms with van der Waals surface area (Å²) < 4.78 is 0.791. The lowest BCUT2D eigenvalue weighted by atomic mass is 10.3. The highest BCUT2D eigenvalue weighted by Gasteiger charge is 2.10. The van der Waals surface area contributed by atoms with E-state index in [4.69, 9.17) is 11.6 Å². The fourth-order valence-electron chi connectivity index (χ4n) is 1.24. The lowest BCUT2D eigenvalue weighted by Gasteiger charge is -2.06. The van der Waals surface area contributed by atoms with Gasteiger partial charge in [0.15, 0.2) is 0 Å². The van der Waals surface area contributed by atoms with Gasteiger partial charge in [-0.15, -0.1) is 0 Å². The highest BCUT2D eigenvalue weighted by Crippen LogP contribution is 2.25. The van der Waals surface area contributed by atoms with Crippen molar-refractivity contribution in [2.24, 2.45) is 0 Å². The number of imidazole rings is 1. The Morgan fingerprint density at radius 1 is 1.41 bits per heavy atom. The number of aromatic amines is 2. The molecule has 0 spiro atoms. The summed E-state index contributed by atoms with van der Waals surface area (Å²) in [5.41, 5.74) is 0.176. The average Bonchev–Trinajstić information content (AvgIpc) is 2.70. The third-order valence-corrected chi connectivity index (χ3v) is 2.84. The van der Waals surface area contributed by atoms with Crippen LogP contribution in [0.4, 0.5) is 5.69 Å². The van der Waals surface area contributed by atoms with E-state index in [1.165, 1.54) is 6.20 Å². The van der Waals surface area contributed by atoms with E-state index in [2.05, 4.69) is 31.2 Å². The van der Waals surface area contributed by atoms with Gasteiger partial charge in [0.25, 0.3) is 5.91 Å². The van der Waals surface area contributed by atoms with Crippen LogP contribution in [-0.2, 0) is 0 Å². The lowest BCUT2D eigenvalue weighted by Crippen LogP contribution is -2.14. The zero-order valence-corrected chi connectivity index (χ0v) is 10.7. The number of hydrogen-bond acceptors (Lipinski definition) is 2. The largest absolute Gasteiger partial charge is 0.323 e. The van der Waals surface area contributed by atoms with E-state index in [1.54, 1.807) is 18.2 Å². The summed E-state index contributed by atoms with van der Waals surface area (Å²) in [7, 11) is 0. The molecule has 1 aromatic carbocycles. The molecule has 0 aliphatic heterocycles. The molecule has 0 bridgehead atoms. The summed E-state index contributed by atoms with van der Waals surface area (Å²) in [6, 6.07) is 5.09. The first-order valence-corrected chi connectivity index (χ1v) is 5.77. The summed E-state index contributed by atoms with van der Waals surface area (Å²) in [6.45, 7) is 0. The van der Waals surface area contributed by atoms with Crippen LogP contribution < -0.4 is 11.0 Å². The molecule has 0 atom stereocenters. The van der Waals surface area contributed by atoms with E-state index in [9.17, 15) is 9.59 Å². The number of aromatic nitrogens is 2. The Bertz CT molecular complexity index is 620. The molecular weight excluding hydrogens is 309 g/mol. The van der Waals surface area contributed by atoms with Gasteiger partial charge in [0.1, 0.15) is 5.69 Å². The van der Waals surface area contributed by atoms with Crippen LogP contribution >= 0.6 is 27.5 Å². The standard InChI is InChI=1S/C10H7BrClN3O2/c11-5-1-2-6(12)7(3-5)14-9(16)8-4-13-10(17)15-8/h1-4H,(H,14,16)(H2,13,15,17). The molecule has 0 unspecified atom stereocenters. The predicted molar refractivity (Wildman–Crippen MR) is 68.5 cm³/mol. The summed E-state index contributed by atoms with van der Waals surface area (Å²) in [5.74, 6) is -0.441. The van der Waals surface area contributed by atoms with Gasteiger partial charge in [-0.1, -0.05) is 27.5 Å². The van der Waals surface area contributed by atoms with Crippen molar-refractivity contribution < 1.29 is 4.79 Å². The Morgan fingerprint density at radius 3 is 2.82 bits per heavy atom. The van der Waals surface area contributed by atoms with Gasteiger partial charge in [0.05, 0.1) is 10.7 Å². The molecule has 7 heteroatoms. The van der Waals surface area contributed by atoms with Crippen LogP contribution in [0.2, 0.25) is 5.02 Å². The molecule has 17 heavy (non-hydrogen) atoms. The Hall–Kier alpha value is -1.53. The number of halogens is 2. The number of hydrogen-bond donors (Lipinski definition) is 3. The number of H-pyrrole nitrogens is 2. The number of benzene rings is 1. The number of rotatable bonds is 2. The summed E-state index contributed by atoms with van der Waals surface area (Å²) in [4.78, 5) is 27.3. The normalized spacial score (nSPS) is 10.2. The summed E-state index contributed by atoms with van der Waals surface area (Å²) >= 11 is 9.19. The number of carbonyl (C=O) groups is 1. The molecule has 0 fully saturated rings. The first-order valence-electron chi connectivity index (χ1n) is 4.60. The summed E-state index contributed by atoms with van der Waals surface area (Å²) in [5, 5.41) is 3.01. The number of anilines is 1. The van der Waals surface area contributed by atoms with Gasteiger partial charge in [-0.25, -0.2) is 4.79 Å². The minimum Gasteiger partial charge on any atom is -0.319 e. The third-order valence-electron chi connectivity index (χ3n) is 2.02. The van der Waals surface area contributed by atoms with Crippen molar-refractivity contribution in [1.29, 1.82) is 0 Å². The second kappa shape index (κ2) is 4.77. The molecule has 1 heterocycles. The zero-order valence-electron chi connectivity index (χ0n) is 8.38. The van der Waals surface area contributed by atoms with Gasteiger partial charge in [-0.3, -0.25) is 4.79 Å². The monoisotopic (exact) mass is 315 g/mol. The van der Waals surface area contributed by atoms with Gasteiger partial charge in [0.2, 0.25) is 0 Å². The quantitative estimate of drug-likeness (QED) is 0.795. The SMILES string of the molecule is O=C(Nc1cc(Br)ccc1Cl)c1c[nH]c(=O)[nH]1. The Kier molecular flexibility index (Phi) is 3.35. The summed E-state index contributed by atoms with van der Waals surface area (Å²) in [6.07, 6.45) is 1.30. The molecule has 3 N–H and O–H groups in total. The molecular formula is C10H7BrClN3O2. The van der Waals surface area contributed by atoms with Crippen LogP contribution in [-0.4, -0.2) is 15.9 Å². The maximum atomic E-state index is 11.7. The lowest BCUT2D eigenvalue weighted by molar-refractivity contribution is 0.102. The van der Waals surface area contributed by atoms with Crippen molar-refractivity contribution >= 4 is 39.1 Å². The second-order valence-electron chi connectivity index (χ2n) is 3.23. The highest BCUT2D eigenvalue weighted by atomic mass is 79.9. The highest BCUT2D eigenvalue weighted by molar-refractivity contribution is 9.10. The van der Waals surface area contributed by atoms with E-state index in [-0.39, 0.29) is 5.69 Å². The van der Waals surface area contributed by atoms with Gasteiger partial charge < -0.3 is 15.3 Å². The molecule has 5 nitrogen and oxygen atoms in total. The topological polar surface area (TPSA) is 77.8 Å². The van der Waals surface area contributed by atoms with E-state index in [0.29, 0.717) is 10.7 Å². The van der Waals surface area contributed by atoms with Crippen LogP contribution in [0.15, 0.2) is 33.7 Å². The van der Waals surface area contributed by atoms with Crippen molar-refractivity contribution in [1.82, 2.24) is 9.97 Å². The van der Waals surface area contributed by atoms with Crippen molar-refractivity contribution in [3.63, 3.8) is 0 Å². The number of nitrogens with one attached hydrogen (secondary N) is 3. The Morgan fingerprint density at radius 2 is 2.18 bits per heavy atom. The number of amides is 1. The smallest absolute Gasteiger partial charge is 0.319 e. The average molecular weight is 317 g/mol. The first-order chi connectivity index (χ1) is 8.06. The van der Waals surface area contributed by atoms with E-state index >= 15 is 0 Å². The van der Waals surface area contributed by atoms with Crippen LogP contribution in [0.3, 0.4) is 0 Å². The first kappa shape index (κ1) is 11.9. The molecule has 2 rings (SSSR count). The van der Waals surface area contributed by atoms with E-state index < -0.39 is 11.6 Å². The zero-order chi connectivity index (χ0) is 12.4. The maximum absolute atomic E-state index is 11.7. The fraction of sp³-hybridized carbons (Fsp3) is 0. The van der Waals surface area contributed by atoms with E-state index in [0.717, 1.165) is 4.47 Å². The van der Waals surface area contributed by atoms with Crippen molar-refractivity contribution in [3.8, 4) is 0 Å². The molecule has 0 saturated heterocycles.